The zero-order valence-electron chi connectivity index (χ0n) is 25.4. The van der Waals surface area contributed by atoms with Crippen LogP contribution in [-0.2, 0) is 12.8 Å². The minimum atomic E-state index is -0.986. The first-order valence-corrected chi connectivity index (χ1v) is 15.4. The smallest absolute Gasteiger partial charge is 0.207 e. The highest BCUT2D eigenvalue weighted by atomic mass is 16.5. The molecule has 0 amide bonds. The first kappa shape index (κ1) is 29.3. The summed E-state index contributed by atoms with van der Waals surface area (Å²) in [6.45, 7) is 4.43. The van der Waals surface area contributed by atoms with E-state index in [0.717, 1.165) is 72.8 Å². The number of phenols is 3. The highest BCUT2D eigenvalue weighted by molar-refractivity contribution is 5.82. The second-order valence-corrected chi connectivity index (χ2v) is 12.6. The molecule has 0 saturated heterocycles. The van der Waals surface area contributed by atoms with Crippen LogP contribution in [0, 0.1) is 5.92 Å². The summed E-state index contributed by atoms with van der Waals surface area (Å²) in [6.07, 6.45) is 5.01. The van der Waals surface area contributed by atoms with Crippen molar-refractivity contribution in [1.29, 1.82) is 0 Å². The number of hydrogen-bond donors (Lipinski definition) is 4. The molecule has 230 valence electrons. The standard InChI is InChI=1S/C35H42O8/c1-18(2)9-10-19-13-25-24-15-27(37)34(26-16-30(42-21-7-5-6-8-21)33(39)35(41-4)32(26)38)43-28(24)17-29(40-3)31(25)22-12-11-20(36)14-23(19)22/h11-12,14,16-19,21,27,34,36-39H,5-10,13,15H2,1-4H3. The van der Waals surface area contributed by atoms with Gasteiger partial charge in [0.05, 0.1) is 26.4 Å². The van der Waals surface area contributed by atoms with Crippen LogP contribution in [0.4, 0.5) is 0 Å². The second-order valence-electron chi connectivity index (χ2n) is 12.6. The van der Waals surface area contributed by atoms with Crippen LogP contribution in [0.1, 0.15) is 86.6 Å². The normalized spacial score (nSPS) is 21.1. The van der Waals surface area contributed by atoms with Gasteiger partial charge in [-0.15, -0.1) is 0 Å². The predicted octanol–water partition coefficient (Wildman–Crippen LogP) is 6.92. The SMILES string of the molecule is COc1cc2c(c3c1-c1ccc(O)cc1C(CCC(C)C)C3)CC(O)C(c1cc(OC3CCCC3)c(O)c(OC)c1O)O2. The number of phenolic OH excluding ortho intramolecular Hbond substituents is 3. The number of hydrogen-bond acceptors (Lipinski definition) is 8. The Hall–Kier alpha value is -3.78. The number of methoxy groups -OCH3 is 2. The number of aliphatic hydroxyl groups excluding tert-OH is 1. The van der Waals surface area contributed by atoms with Gasteiger partial charge >= 0.3 is 0 Å². The van der Waals surface area contributed by atoms with Crippen molar-refractivity contribution in [3.8, 4) is 51.4 Å². The lowest BCUT2D eigenvalue weighted by Crippen LogP contribution is -2.32. The maximum atomic E-state index is 11.6. The molecule has 3 aromatic rings. The van der Waals surface area contributed by atoms with Crippen molar-refractivity contribution in [3.05, 3.63) is 52.6 Å². The van der Waals surface area contributed by atoms with Crippen molar-refractivity contribution in [2.75, 3.05) is 14.2 Å². The summed E-state index contributed by atoms with van der Waals surface area (Å²) in [4.78, 5) is 0. The molecule has 3 atom stereocenters. The zero-order valence-corrected chi connectivity index (χ0v) is 25.4. The lowest BCUT2D eigenvalue weighted by Gasteiger charge is -2.37. The third-order valence-electron chi connectivity index (χ3n) is 9.33. The number of aliphatic hydroxyl groups is 1. The van der Waals surface area contributed by atoms with E-state index < -0.39 is 12.2 Å². The molecular weight excluding hydrogens is 548 g/mol. The molecule has 8 heteroatoms. The van der Waals surface area contributed by atoms with Gasteiger partial charge in [-0.25, -0.2) is 0 Å². The molecule has 6 rings (SSSR count). The van der Waals surface area contributed by atoms with Gasteiger partial charge < -0.3 is 39.4 Å². The van der Waals surface area contributed by atoms with Gasteiger partial charge in [0.1, 0.15) is 17.2 Å². The fourth-order valence-electron chi connectivity index (χ4n) is 7.12. The van der Waals surface area contributed by atoms with Crippen molar-refractivity contribution in [1.82, 2.24) is 0 Å². The molecule has 43 heavy (non-hydrogen) atoms. The van der Waals surface area contributed by atoms with E-state index in [2.05, 4.69) is 13.8 Å². The highest BCUT2D eigenvalue weighted by Crippen LogP contribution is 2.54. The maximum Gasteiger partial charge on any atom is 0.207 e. The topological polar surface area (TPSA) is 118 Å². The van der Waals surface area contributed by atoms with Gasteiger partial charge in [0.15, 0.2) is 17.6 Å². The molecular formula is C35H42O8. The Morgan fingerprint density at radius 3 is 2.35 bits per heavy atom. The summed E-state index contributed by atoms with van der Waals surface area (Å²) in [5.74, 6) is 1.76. The maximum absolute atomic E-state index is 11.6. The van der Waals surface area contributed by atoms with E-state index in [9.17, 15) is 20.4 Å². The number of rotatable bonds is 8. The highest BCUT2D eigenvalue weighted by Gasteiger charge is 2.39. The van der Waals surface area contributed by atoms with E-state index in [1.54, 1.807) is 19.2 Å². The largest absolute Gasteiger partial charge is 0.508 e. The molecule has 1 aliphatic heterocycles. The summed E-state index contributed by atoms with van der Waals surface area (Å²) < 4.78 is 23.9. The van der Waals surface area contributed by atoms with Gasteiger partial charge in [-0.1, -0.05) is 26.3 Å². The van der Waals surface area contributed by atoms with Crippen molar-refractivity contribution < 1.29 is 39.4 Å². The fraction of sp³-hybridized carbons (Fsp3) is 0.486. The Balaban J connectivity index is 1.42. The van der Waals surface area contributed by atoms with Crippen LogP contribution in [0.2, 0.25) is 0 Å². The number of fused-ring (bicyclic) bond motifs is 5. The quantitative estimate of drug-likeness (QED) is 0.223. The van der Waals surface area contributed by atoms with Crippen LogP contribution in [0.3, 0.4) is 0 Å². The zero-order chi connectivity index (χ0) is 30.4. The van der Waals surface area contributed by atoms with Crippen molar-refractivity contribution in [2.24, 2.45) is 5.92 Å². The minimum Gasteiger partial charge on any atom is -0.508 e. The van der Waals surface area contributed by atoms with E-state index in [1.807, 2.05) is 18.2 Å². The first-order chi connectivity index (χ1) is 20.7. The molecule has 1 heterocycles. The summed E-state index contributed by atoms with van der Waals surface area (Å²) >= 11 is 0. The van der Waals surface area contributed by atoms with E-state index in [0.29, 0.717) is 23.8 Å². The molecule has 1 fully saturated rings. The summed E-state index contributed by atoms with van der Waals surface area (Å²) in [7, 11) is 3.00. The molecule has 2 aliphatic carbocycles. The molecule has 0 radical (unpaired) electrons. The molecule has 0 spiro atoms. The predicted molar refractivity (Wildman–Crippen MR) is 163 cm³/mol. The molecule has 1 saturated carbocycles. The molecule has 4 N–H and O–H groups in total. The van der Waals surface area contributed by atoms with Gasteiger partial charge in [0.2, 0.25) is 11.5 Å². The third-order valence-corrected chi connectivity index (χ3v) is 9.33. The summed E-state index contributed by atoms with van der Waals surface area (Å²) in [6, 6.07) is 8.94. The Labute approximate surface area is 252 Å². The Kier molecular flexibility index (Phi) is 7.98. The average molecular weight is 591 g/mol. The van der Waals surface area contributed by atoms with Gasteiger partial charge in [-0.2, -0.15) is 0 Å². The van der Waals surface area contributed by atoms with Crippen LogP contribution in [0.5, 0.6) is 40.2 Å². The second kappa shape index (κ2) is 11.7. The average Bonchev–Trinajstić information content (AvgIpc) is 3.50. The third kappa shape index (κ3) is 5.30. The molecule has 3 unspecified atom stereocenters. The Morgan fingerprint density at radius 1 is 0.884 bits per heavy atom. The van der Waals surface area contributed by atoms with Crippen molar-refractivity contribution in [2.45, 2.75) is 89.4 Å². The fourth-order valence-corrected chi connectivity index (χ4v) is 7.12. The Bertz CT molecular complexity index is 1510. The van der Waals surface area contributed by atoms with Crippen LogP contribution in [0.25, 0.3) is 11.1 Å². The van der Waals surface area contributed by atoms with Crippen LogP contribution in [-0.4, -0.2) is 46.9 Å². The molecule has 0 bridgehead atoms. The van der Waals surface area contributed by atoms with Crippen LogP contribution < -0.4 is 18.9 Å². The lowest BCUT2D eigenvalue weighted by atomic mass is 9.73. The Morgan fingerprint density at radius 2 is 1.65 bits per heavy atom. The van der Waals surface area contributed by atoms with Gasteiger partial charge in [0, 0.05) is 29.2 Å². The summed E-state index contributed by atoms with van der Waals surface area (Å²) in [5.41, 5.74) is 5.38. The molecule has 3 aromatic carbocycles. The minimum absolute atomic E-state index is 0.0323. The lowest BCUT2D eigenvalue weighted by molar-refractivity contribution is 0.0186. The van der Waals surface area contributed by atoms with Crippen molar-refractivity contribution in [3.63, 3.8) is 0 Å². The number of aromatic hydroxyl groups is 3. The molecule has 3 aliphatic rings. The van der Waals surface area contributed by atoms with Gasteiger partial charge in [0.25, 0.3) is 0 Å². The molecule has 0 aromatic heterocycles. The van der Waals surface area contributed by atoms with E-state index in [-0.39, 0.29) is 46.3 Å². The molecule has 8 nitrogen and oxygen atoms in total. The number of ether oxygens (including phenoxy) is 4. The van der Waals surface area contributed by atoms with Gasteiger partial charge in [-0.05, 0) is 85.3 Å². The van der Waals surface area contributed by atoms with Gasteiger partial charge in [-0.3, -0.25) is 0 Å². The monoisotopic (exact) mass is 590 g/mol. The summed E-state index contributed by atoms with van der Waals surface area (Å²) in [5, 5.41) is 43.9. The van der Waals surface area contributed by atoms with Crippen LogP contribution >= 0.6 is 0 Å². The van der Waals surface area contributed by atoms with E-state index in [1.165, 1.54) is 7.11 Å². The first-order valence-electron chi connectivity index (χ1n) is 15.4. The van der Waals surface area contributed by atoms with E-state index in [4.69, 9.17) is 18.9 Å². The van der Waals surface area contributed by atoms with E-state index >= 15 is 0 Å². The number of benzene rings is 3. The van der Waals surface area contributed by atoms with Crippen molar-refractivity contribution >= 4 is 0 Å². The van der Waals surface area contributed by atoms with Crippen LogP contribution in [0.15, 0.2) is 30.3 Å².